The van der Waals surface area contributed by atoms with E-state index >= 15 is 0 Å². The molecule has 1 aliphatic rings. The van der Waals surface area contributed by atoms with E-state index in [-0.39, 0.29) is 5.91 Å². The van der Waals surface area contributed by atoms with Crippen LogP contribution in [0.25, 0.3) is 0 Å². The lowest BCUT2D eigenvalue weighted by Gasteiger charge is -2.20. The number of carbonyl (C=O) groups is 1. The normalized spacial score (nSPS) is 30.8. The predicted octanol–water partition coefficient (Wildman–Crippen LogP) is 2.26. The van der Waals surface area contributed by atoms with Crippen molar-refractivity contribution >= 4 is 28.5 Å². The Kier molecular flexibility index (Phi) is 4.32. The van der Waals surface area contributed by atoms with Gasteiger partial charge in [-0.15, -0.1) is 0 Å². The van der Waals surface area contributed by atoms with Crippen molar-refractivity contribution in [2.24, 2.45) is 0 Å². The van der Waals surface area contributed by atoms with Crippen molar-refractivity contribution in [2.45, 2.75) is 49.0 Å². The Bertz CT molecular complexity index is 161. The maximum absolute atomic E-state index is 10.9. The molecule has 0 saturated heterocycles. The van der Waals surface area contributed by atoms with Crippen LogP contribution in [0, 0.1) is 0 Å². The fourth-order valence-electron chi connectivity index (χ4n) is 1.69. The zero-order valence-corrected chi connectivity index (χ0v) is 9.63. The number of amides is 1. The van der Waals surface area contributed by atoms with Gasteiger partial charge in [0.15, 0.2) is 0 Å². The van der Waals surface area contributed by atoms with Gasteiger partial charge < -0.3 is 5.32 Å². The standard InChI is InChI=1S/C9H16INO/c1-7(12)11-9-6-4-2-3-5-8(9)10/h8-9H,2-6H2,1H3,(H,11,12)/t8-,9+/m1/s1. The van der Waals surface area contributed by atoms with E-state index in [1.807, 2.05) is 0 Å². The zero-order valence-electron chi connectivity index (χ0n) is 7.48. The summed E-state index contributed by atoms with van der Waals surface area (Å²) in [5.41, 5.74) is 0. The summed E-state index contributed by atoms with van der Waals surface area (Å²) in [7, 11) is 0. The quantitative estimate of drug-likeness (QED) is 0.446. The molecule has 2 atom stereocenters. The molecule has 0 unspecified atom stereocenters. The first-order valence-corrected chi connectivity index (χ1v) is 5.86. The monoisotopic (exact) mass is 281 g/mol. The third kappa shape index (κ3) is 3.29. The molecule has 3 heteroatoms. The minimum atomic E-state index is 0.114. The van der Waals surface area contributed by atoms with Gasteiger partial charge in [-0.3, -0.25) is 4.79 Å². The molecule has 0 spiro atoms. The average molecular weight is 281 g/mol. The zero-order chi connectivity index (χ0) is 8.97. The van der Waals surface area contributed by atoms with Gasteiger partial charge in [-0.2, -0.15) is 0 Å². The van der Waals surface area contributed by atoms with E-state index < -0.39 is 0 Å². The molecule has 0 aromatic carbocycles. The summed E-state index contributed by atoms with van der Waals surface area (Å²) in [5.74, 6) is 0.114. The number of halogens is 1. The molecule has 2 nitrogen and oxygen atoms in total. The number of rotatable bonds is 1. The van der Waals surface area contributed by atoms with Gasteiger partial charge in [0, 0.05) is 16.9 Å². The van der Waals surface area contributed by atoms with Crippen molar-refractivity contribution in [3.63, 3.8) is 0 Å². The van der Waals surface area contributed by atoms with Gasteiger partial charge in [-0.25, -0.2) is 0 Å². The van der Waals surface area contributed by atoms with Crippen LogP contribution < -0.4 is 5.32 Å². The van der Waals surface area contributed by atoms with Crippen LogP contribution in [0.5, 0.6) is 0 Å². The molecule has 1 rings (SSSR count). The molecule has 1 saturated carbocycles. The van der Waals surface area contributed by atoms with Crippen LogP contribution in [0.4, 0.5) is 0 Å². The Balaban J connectivity index is 2.41. The second-order valence-corrected chi connectivity index (χ2v) is 5.06. The molecule has 12 heavy (non-hydrogen) atoms. The largest absolute Gasteiger partial charge is 0.353 e. The molecule has 1 amide bonds. The van der Waals surface area contributed by atoms with E-state index in [1.165, 1.54) is 25.7 Å². The van der Waals surface area contributed by atoms with E-state index in [1.54, 1.807) is 6.92 Å². The summed E-state index contributed by atoms with van der Waals surface area (Å²) < 4.78 is 0.633. The lowest BCUT2D eigenvalue weighted by Crippen LogP contribution is -2.38. The number of alkyl halides is 1. The predicted molar refractivity (Wildman–Crippen MR) is 58.5 cm³/mol. The van der Waals surface area contributed by atoms with Crippen molar-refractivity contribution in [2.75, 3.05) is 0 Å². The highest BCUT2D eigenvalue weighted by Gasteiger charge is 2.21. The summed E-state index contributed by atoms with van der Waals surface area (Å²) in [6.45, 7) is 1.61. The molecule has 0 radical (unpaired) electrons. The summed E-state index contributed by atoms with van der Waals surface area (Å²) in [6, 6.07) is 0.422. The van der Waals surface area contributed by atoms with E-state index in [0.717, 1.165) is 6.42 Å². The van der Waals surface area contributed by atoms with Gasteiger partial charge in [-0.05, 0) is 12.8 Å². The summed E-state index contributed by atoms with van der Waals surface area (Å²) >= 11 is 2.46. The van der Waals surface area contributed by atoms with Gasteiger partial charge in [0.1, 0.15) is 0 Å². The summed E-state index contributed by atoms with van der Waals surface area (Å²) in [6.07, 6.45) is 6.34. The van der Waals surface area contributed by atoms with Gasteiger partial charge in [0.05, 0.1) is 0 Å². The molecule has 0 aromatic heterocycles. The maximum atomic E-state index is 10.9. The number of carbonyl (C=O) groups excluding carboxylic acids is 1. The van der Waals surface area contributed by atoms with Gasteiger partial charge in [0.25, 0.3) is 0 Å². The highest BCUT2D eigenvalue weighted by atomic mass is 127. The molecule has 0 bridgehead atoms. The van der Waals surface area contributed by atoms with Crippen LogP contribution in [0.2, 0.25) is 0 Å². The first-order chi connectivity index (χ1) is 5.70. The van der Waals surface area contributed by atoms with Crippen LogP contribution >= 0.6 is 22.6 Å². The molecular formula is C9H16INO. The molecular weight excluding hydrogens is 265 g/mol. The van der Waals surface area contributed by atoms with E-state index in [2.05, 4.69) is 27.9 Å². The fraction of sp³-hybridized carbons (Fsp3) is 0.889. The van der Waals surface area contributed by atoms with Crippen molar-refractivity contribution in [1.29, 1.82) is 0 Å². The lowest BCUT2D eigenvalue weighted by molar-refractivity contribution is -0.119. The third-order valence-corrected chi connectivity index (χ3v) is 3.81. The second-order valence-electron chi connectivity index (χ2n) is 3.46. The number of nitrogens with one attached hydrogen (secondary N) is 1. The van der Waals surface area contributed by atoms with Crippen LogP contribution in [0.15, 0.2) is 0 Å². The van der Waals surface area contributed by atoms with Crippen molar-refractivity contribution < 1.29 is 4.79 Å². The van der Waals surface area contributed by atoms with Crippen molar-refractivity contribution in [1.82, 2.24) is 5.32 Å². The Labute approximate surface area is 87.6 Å². The van der Waals surface area contributed by atoms with Crippen LogP contribution in [-0.2, 0) is 4.79 Å². The Morgan fingerprint density at radius 3 is 2.67 bits per heavy atom. The van der Waals surface area contributed by atoms with Gasteiger partial charge >= 0.3 is 0 Å². The maximum Gasteiger partial charge on any atom is 0.217 e. The van der Waals surface area contributed by atoms with Crippen LogP contribution in [-0.4, -0.2) is 15.9 Å². The molecule has 0 heterocycles. The molecule has 1 N–H and O–H groups in total. The van der Waals surface area contributed by atoms with Gasteiger partial charge in [0.2, 0.25) is 5.91 Å². The Morgan fingerprint density at radius 1 is 1.33 bits per heavy atom. The molecule has 0 aromatic rings. The van der Waals surface area contributed by atoms with Crippen LogP contribution in [0.1, 0.15) is 39.0 Å². The summed E-state index contributed by atoms with van der Waals surface area (Å²) in [4.78, 5) is 10.9. The third-order valence-electron chi connectivity index (χ3n) is 2.32. The number of hydrogen-bond acceptors (Lipinski definition) is 1. The highest BCUT2D eigenvalue weighted by molar-refractivity contribution is 14.1. The van der Waals surface area contributed by atoms with Crippen LogP contribution in [0.3, 0.4) is 0 Å². The average Bonchev–Trinajstić information content (AvgIpc) is 2.16. The molecule has 1 fully saturated rings. The highest BCUT2D eigenvalue weighted by Crippen LogP contribution is 2.23. The SMILES string of the molecule is CC(=O)N[C@H]1CCCCC[C@H]1I. The Hall–Kier alpha value is 0.200. The topological polar surface area (TPSA) is 29.1 Å². The minimum absolute atomic E-state index is 0.114. The van der Waals surface area contributed by atoms with E-state index in [4.69, 9.17) is 0 Å². The van der Waals surface area contributed by atoms with Gasteiger partial charge in [-0.1, -0.05) is 41.9 Å². The smallest absolute Gasteiger partial charge is 0.217 e. The molecule has 70 valence electrons. The Morgan fingerprint density at radius 2 is 2.00 bits per heavy atom. The lowest BCUT2D eigenvalue weighted by atomic mass is 10.1. The van der Waals surface area contributed by atoms with E-state index in [0.29, 0.717) is 9.97 Å². The van der Waals surface area contributed by atoms with E-state index in [9.17, 15) is 4.79 Å². The fourth-order valence-corrected chi connectivity index (χ4v) is 2.67. The molecule has 0 aliphatic heterocycles. The van der Waals surface area contributed by atoms with Crippen molar-refractivity contribution in [3.05, 3.63) is 0 Å². The van der Waals surface area contributed by atoms with Crippen molar-refractivity contribution in [3.8, 4) is 0 Å². The first kappa shape index (κ1) is 10.3. The minimum Gasteiger partial charge on any atom is -0.353 e. The first-order valence-electron chi connectivity index (χ1n) is 4.61. The second kappa shape index (κ2) is 5.04. The number of hydrogen-bond donors (Lipinski definition) is 1. The molecule has 1 aliphatic carbocycles. The summed E-state index contributed by atoms with van der Waals surface area (Å²) in [5, 5.41) is 3.03.